The summed E-state index contributed by atoms with van der Waals surface area (Å²) in [5.74, 6) is 0.720. The van der Waals surface area contributed by atoms with Crippen LogP contribution in [0.1, 0.15) is 18.1 Å². The van der Waals surface area contributed by atoms with Crippen LogP contribution in [0.15, 0.2) is 48.5 Å². The lowest BCUT2D eigenvalue weighted by molar-refractivity contribution is -0.120. The molecule has 21 heavy (non-hydrogen) atoms. The molecule has 3 heteroatoms. The fourth-order valence-corrected chi connectivity index (χ4v) is 2.23. The second kappa shape index (κ2) is 6.93. The summed E-state index contributed by atoms with van der Waals surface area (Å²) in [5, 5.41) is 0. The molecule has 0 spiro atoms. The molecule has 0 heterocycles. The topological polar surface area (TPSA) is 29.5 Å². The maximum Gasteiger partial charge on any atom is 0.264 e. The number of likely N-dealkylation sites (N-methyl/N-ethyl adjacent to an activating group) is 1. The van der Waals surface area contributed by atoms with Crippen molar-refractivity contribution in [1.29, 1.82) is 0 Å². The first-order valence-electron chi connectivity index (χ1n) is 7.17. The average Bonchev–Trinajstić information content (AvgIpc) is 2.47. The number of carbonyl (C=O) groups excluding carboxylic acids is 1. The van der Waals surface area contributed by atoms with E-state index in [0.29, 0.717) is 6.54 Å². The highest BCUT2D eigenvalue weighted by Crippen LogP contribution is 2.18. The quantitative estimate of drug-likeness (QED) is 0.836. The summed E-state index contributed by atoms with van der Waals surface area (Å²) >= 11 is 0. The van der Waals surface area contributed by atoms with Crippen molar-refractivity contribution in [1.82, 2.24) is 0 Å². The fraction of sp³-hybridized carbons (Fsp3) is 0.278. The average molecular weight is 283 g/mol. The van der Waals surface area contributed by atoms with Crippen LogP contribution in [-0.4, -0.2) is 19.1 Å². The number of para-hydroxylation sites is 1. The number of carbonyl (C=O) groups is 1. The van der Waals surface area contributed by atoms with E-state index in [1.807, 2.05) is 69.3 Å². The lowest BCUT2D eigenvalue weighted by Gasteiger charge is -2.21. The highest BCUT2D eigenvalue weighted by molar-refractivity contribution is 5.94. The first kappa shape index (κ1) is 15.1. The standard InChI is InChI=1S/C18H21NO2/c1-4-19(16-10-7-8-14(2)12-16)18(20)13-21-17-11-6-5-9-15(17)3/h5-12H,4,13H2,1-3H3. The van der Waals surface area contributed by atoms with Gasteiger partial charge in [-0.2, -0.15) is 0 Å². The number of hydrogen-bond acceptors (Lipinski definition) is 2. The molecule has 0 aliphatic rings. The molecule has 0 aromatic heterocycles. The van der Waals surface area contributed by atoms with Gasteiger partial charge >= 0.3 is 0 Å². The van der Waals surface area contributed by atoms with E-state index in [4.69, 9.17) is 4.74 Å². The SMILES string of the molecule is CCN(C(=O)COc1ccccc1C)c1cccc(C)c1. The molecule has 0 bridgehead atoms. The van der Waals surface area contributed by atoms with Crippen molar-refractivity contribution >= 4 is 11.6 Å². The van der Waals surface area contributed by atoms with Crippen molar-refractivity contribution in [2.45, 2.75) is 20.8 Å². The zero-order valence-electron chi connectivity index (χ0n) is 12.8. The van der Waals surface area contributed by atoms with E-state index in [-0.39, 0.29) is 12.5 Å². The van der Waals surface area contributed by atoms with Gasteiger partial charge in [0.2, 0.25) is 0 Å². The Hall–Kier alpha value is -2.29. The van der Waals surface area contributed by atoms with E-state index in [2.05, 4.69) is 0 Å². The third-order valence-electron chi connectivity index (χ3n) is 3.38. The molecular weight excluding hydrogens is 262 g/mol. The Bertz CT molecular complexity index is 622. The van der Waals surface area contributed by atoms with Crippen molar-refractivity contribution < 1.29 is 9.53 Å². The number of benzene rings is 2. The predicted molar refractivity (Wildman–Crippen MR) is 85.9 cm³/mol. The number of ether oxygens (including phenoxy) is 1. The molecule has 0 saturated carbocycles. The summed E-state index contributed by atoms with van der Waals surface area (Å²) in [6.45, 7) is 6.63. The Morgan fingerprint density at radius 2 is 1.86 bits per heavy atom. The van der Waals surface area contributed by atoms with Crippen LogP contribution in [0.2, 0.25) is 0 Å². The molecule has 110 valence electrons. The van der Waals surface area contributed by atoms with Gasteiger partial charge in [-0.25, -0.2) is 0 Å². The molecule has 0 aliphatic heterocycles. The molecule has 0 saturated heterocycles. The van der Waals surface area contributed by atoms with Gasteiger partial charge in [0, 0.05) is 12.2 Å². The highest BCUT2D eigenvalue weighted by Gasteiger charge is 2.15. The zero-order valence-corrected chi connectivity index (χ0v) is 12.8. The molecule has 2 aromatic carbocycles. The van der Waals surface area contributed by atoms with Gasteiger partial charge in [-0.15, -0.1) is 0 Å². The minimum atomic E-state index is -0.0358. The molecule has 0 fully saturated rings. The molecule has 0 radical (unpaired) electrons. The summed E-state index contributed by atoms with van der Waals surface area (Å²) in [5.41, 5.74) is 3.08. The molecule has 2 rings (SSSR count). The number of nitrogens with zero attached hydrogens (tertiary/aromatic N) is 1. The van der Waals surface area contributed by atoms with Gasteiger partial charge in [-0.3, -0.25) is 4.79 Å². The number of amides is 1. The summed E-state index contributed by atoms with van der Waals surface area (Å²) in [7, 11) is 0. The van der Waals surface area contributed by atoms with E-state index in [0.717, 1.165) is 22.6 Å². The van der Waals surface area contributed by atoms with E-state index in [1.54, 1.807) is 4.90 Å². The van der Waals surface area contributed by atoms with Crippen LogP contribution >= 0.6 is 0 Å². The predicted octanol–water partition coefficient (Wildman–Crippen LogP) is 3.74. The van der Waals surface area contributed by atoms with Crippen LogP contribution in [0.3, 0.4) is 0 Å². The maximum atomic E-state index is 12.4. The lowest BCUT2D eigenvalue weighted by Crippen LogP contribution is -2.34. The van der Waals surface area contributed by atoms with E-state index in [9.17, 15) is 4.79 Å². The fourth-order valence-electron chi connectivity index (χ4n) is 2.23. The zero-order chi connectivity index (χ0) is 15.2. The van der Waals surface area contributed by atoms with Gasteiger partial charge in [0.15, 0.2) is 6.61 Å². The minimum Gasteiger partial charge on any atom is -0.483 e. The van der Waals surface area contributed by atoms with Crippen LogP contribution in [0.25, 0.3) is 0 Å². The number of rotatable bonds is 5. The summed E-state index contributed by atoms with van der Waals surface area (Å²) in [6.07, 6.45) is 0. The monoisotopic (exact) mass is 283 g/mol. The Morgan fingerprint density at radius 1 is 1.10 bits per heavy atom. The largest absolute Gasteiger partial charge is 0.483 e. The first-order valence-corrected chi connectivity index (χ1v) is 7.17. The number of aryl methyl sites for hydroxylation is 2. The Balaban J connectivity index is 2.06. The number of anilines is 1. The molecule has 0 atom stereocenters. The molecule has 2 aromatic rings. The van der Waals surface area contributed by atoms with Crippen molar-refractivity contribution in [3.8, 4) is 5.75 Å². The minimum absolute atomic E-state index is 0.0358. The molecule has 0 aliphatic carbocycles. The van der Waals surface area contributed by atoms with E-state index >= 15 is 0 Å². The van der Waals surface area contributed by atoms with Crippen LogP contribution in [-0.2, 0) is 4.79 Å². The Labute approximate surface area is 126 Å². The Morgan fingerprint density at radius 3 is 2.52 bits per heavy atom. The highest BCUT2D eigenvalue weighted by atomic mass is 16.5. The van der Waals surface area contributed by atoms with Crippen LogP contribution in [0.5, 0.6) is 5.75 Å². The second-order valence-corrected chi connectivity index (χ2v) is 5.03. The molecule has 0 unspecified atom stereocenters. The third kappa shape index (κ3) is 3.85. The lowest BCUT2D eigenvalue weighted by atomic mass is 10.2. The van der Waals surface area contributed by atoms with Crippen molar-refractivity contribution in [2.75, 3.05) is 18.1 Å². The van der Waals surface area contributed by atoms with Gasteiger partial charge in [0.1, 0.15) is 5.75 Å². The third-order valence-corrected chi connectivity index (χ3v) is 3.38. The maximum absolute atomic E-state index is 12.4. The van der Waals surface area contributed by atoms with Gasteiger partial charge in [0.05, 0.1) is 0 Å². The summed E-state index contributed by atoms with van der Waals surface area (Å²) < 4.78 is 5.64. The van der Waals surface area contributed by atoms with Crippen LogP contribution in [0.4, 0.5) is 5.69 Å². The normalized spacial score (nSPS) is 10.2. The first-order chi connectivity index (χ1) is 10.1. The molecule has 1 amide bonds. The van der Waals surface area contributed by atoms with Crippen molar-refractivity contribution in [3.63, 3.8) is 0 Å². The van der Waals surface area contributed by atoms with Crippen LogP contribution < -0.4 is 9.64 Å². The van der Waals surface area contributed by atoms with E-state index in [1.165, 1.54) is 0 Å². The van der Waals surface area contributed by atoms with Gasteiger partial charge in [0.25, 0.3) is 5.91 Å². The van der Waals surface area contributed by atoms with Crippen molar-refractivity contribution in [2.24, 2.45) is 0 Å². The van der Waals surface area contributed by atoms with Gasteiger partial charge < -0.3 is 9.64 Å². The summed E-state index contributed by atoms with van der Waals surface area (Å²) in [4.78, 5) is 14.1. The molecule has 3 nitrogen and oxygen atoms in total. The van der Waals surface area contributed by atoms with Crippen LogP contribution in [0, 0.1) is 13.8 Å². The number of hydrogen-bond donors (Lipinski definition) is 0. The van der Waals surface area contributed by atoms with Gasteiger partial charge in [-0.1, -0.05) is 30.3 Å². The Kier molecular flexibility index (Phi) is 4.99. The smallest absolute Gasteiger partial charge is 0.264 e. The van der Waals surface area contributed by atoms with Crippen molar-refractivity contribution in [3.05, 3.63) is 59.7 Å². The molecule has 0 N–H and O–H groups in total. The van der Waals surface area contributed by atoms with Gasteiger partial charge in [-0.05, 0) is 50.1 Å². The second-order valence-electron chi connectivity index (χ2n) is 5.03. The van der Waals surface area contributed by atoms with E-state index < -0.39 is 0 Å². The summed E-state index contributed by atoms with van der Waals surface area (Å²) in [6, 6.07) is 15.6. The molecular formula is C18H21NO2.